The van der Waals surface area contributed by atoms with E-state index in [0.717, 1.165) is 17.9 Å². The molecule has 0 saturated carbocycles. The summed E-state index contributed by atoms with van der Waals surface area (Å²) >= 11 is 0. The monoisotopic (exact) mass is 355 g/mol. The van der Waals surface area contributed by atoms with Crippen molar-refractivity contribution in [2.75, 3.05) is 35.6 Å². The number of hydrogen-bond acceptors (Lipinski definition) is 5. The van der Waals surface area contributed by atoms with Gasteiger partial charge in [-0.1, -0.05) is 19.1 Å². The summed E-state index contributed by atoms with van der Waals surface area (Å²) in [6.07, 6.45) is 0.896. The fraction of sp³-hybridized carbons (Fsp3) is 0.350. The number of nitrogens with one attached hydrogen (secondary N) is 1. The summed E-state index contributed by atoms with van der Waals surface area (Å²) in [4.78, 5) is 14.7. The van der Waals surface area contributed by atoms with Gasteiger partial charge < -0.3 is 25.4 Å². The van der Waals surface area contributed by atoms with Crippen LogP contribution in [0.2, 0.25) is 0 Å². The van der Waals surface area contributed by atoms with Crippen molar-refractivity contribution in [3.05, 3.63) is 42.5 Å². The molecule has 1 aliphatic rings. The molecule has 2 aromatic carbocycles. The molecule has 6 nitrogen and oxygen atoms in total. The second kappa shape index (κ2) is 7.99. The van der Waals surface area contributed by atoms with E-state index in [2.05, 4.69) is 12.2 Å². The van der Waals surface area contributed by atoms with Crippen molar-refractivity contribution < 1.29 is 14.3 Å². The molecule has 1 atom stereocenters. The molecule has 0 saturated heterocycles. The Bertz CT molecular complexity index is 779. The van der Waals surface area contributed by atoms with Gasteiger partial charge >= 0.3 is 0 Å². The molecule has 1 aliphatic heterocycles. The van der Waals surface area contributed by atoms with Crippen LogP contribution in [-0.4, -0.2) is 31.7 Å². The van der Waals surface area contributed by atoms with Gasteiger partial charge in [0.1, 0.15) is 17.6 Å². The van der Waals surface area contributed by atoms with Crippen LogP contribution in [0.15, 0.2) is 42.5 Å². The number of rotatable bonds is 6. The first-order chi connectivity index (χ1) is 12.6. The lowest BCUT2D eigenvalue weighted by molar-refractivity contribution is -0.115. The van der Waals surface area contributed by atoms with E-state index in [1.807, 2.05) is 54.3 Å². The molecule has 138 valence electrons. The Balaban J connectivity index is 1.75. The van der Waals surface area contributed by atoms with Crippen LogP contribution in [0.5, 0.6) is 11.5 Å². The summed E-state index contributed by atoms with van der Waals surface area (Å²) in [6.45, 7) is 5.42. The summed E-state index contributed by atoms with van der Waals surface area (Å²) in [5.74, 6) is 1.30. The highest BCUT2D eigenvalue weighted by molar-refractivity contribution is 5.95. The Morgan fingerprint density at radius 2 is 2.12 bits per heavy atom. The predicted octanol–water partition coefficient (Wildman–Crippen LogP) is 3.28. The maximum atomic E-state index is 12.6. The van der Waals surface area contributed by atoms with E-state index in [9.17, 15) is 4.79 Å². The highest BCUT2D eigenvalue weighted by Gasteiger charge is 2.26. The van der Waals surface area contributed by atoms with E-state index in [4.69, 9.17) is 15.2 Å². The van der Waals surface area contributed by atoms with Gasteiger partial charge in [-0.2, -0.15) is 0 Å². The van der Waals surface area contributed by atoms with E-state index >= 15 is 0 Å². The molecule has 1 heterocycles. The van der Waals surface area contributed by atoms with Crippen LogP contribution < -0.4 is 25.4 Å². The quantitative estimate of drug-likeness (QED) is 0.778. The number of nitrogens with two attached hydrogens (primary N) is 1. The number of benzene rings is 2. The molecule has 3 rings (SSSR count). The highest BCUT2D eigenvalue weighted by atomic mass is 16.5. The third-order valence-corrected chi connectivity index (χ3v) is 4.29. The molecular weight excluding hydrogens is 330 g/mol. The van der Waals surface area contributed by atoms with E-state index in [1.54, 1.807) is 0 Å². The SMILES string of the molecule is CCOc1ccccc1NC(=O)CN1CC(CC)Oc2cc(N)ccc21. The molecule has 1 amide bonds. The minimum Gasteiger partial charge on any atom is -0.492 e. The molecule has 3 N–H and O–H groups in total. The average Bonchev–Trinajstić information content (AvgIpc) is 2.63. The van der Waals surface area contributed by atoms with Gasteiger partial charge in [0.25, 0.3) is 0 Å². The molecule has 0 bridgehead atoms. The number of fused-ring (bicyclic) bond motifs is 1. The maximum absolute atomic E-state index is 12.6. The third kappa shape index (κ3) is 4.02. The fourth-order valence-electron chi connectivity index (χ4n) is 3.02. The molecule has 0 fully saturated rings. The summed E-state index contributed by atoms with van der Waals surface area (Å²) in [7, 11) is 0. The summed E-state index contributed by atoms with van der Waals surface area (Å²) < 4.78 is 11.5. The number of carbonyl (C=O) groups excluding carboxylic acids is 1. The van der Waals surface area contributed by atoms with Crippen LogP contribution in [0, 0.1) is 0 Å². The fourth-order valence-corrected chi connectivity index (χ4v) is 3.02. The van der Waals surface area contributed by atoms with Crippen molar-refractivity contribution in [1.82, 2.24) is 0 Å². The highest BCUT2D eigenvalue weighted by Crippen LogP contribution is 2.35. The Morgan fingerprint density at radius 1 is 1.31 bits per heavy atom. The van der Waals surface area contributed by atoms with Gasteiger partial charge in [-0.3, -0.25) is 4.79 Å². The molecule has 0 aromatic heterocycles. The molecule has 0 radical (unpaired) electrons. The lowest BCUT2D eigenvalue weighted by Crippen LogP contribution is -2.43. The smallest absolute Gasteiger partial charge is 0.243 e. The molecule has 6 heteroatoms. The second-order valence-electron chi connectivity index (χ2n) is 6.23. The third-order valence-electron chi connectivity index (χ3n) is 4.29. The average molecular weight is 355 g/mol. The van der Waals surface area contributed by atoms with Crippen molar-refractivity contribution in [3.8, 4) is 11.5 Å². The molecule has 0 spiro atoms. The number of nitrogen functional groups attached to an aromatic ring is 1. The number of hydrogen-bond donors (Lipinski definition) is 2. The van der Waals surface area contributed by atoms with Crippen molar-refractivity contribution in [2.45, 2.75) is 26.4 Å². The Morgan fingerprint density at radius 3 is 2.88 bits per heavy atom. The summed E-state index contributed by atoms with van der Waals surface area (Å²) in [5.41, 5.74) is 8.08. The van der Waals surface area contributed by atoms with E-state index in [0.29, 0.717) is 30.3 Å². The number of para-hydroxylation sites is 2. The van der Waals surface area contributed by atoms with Gasteiger partial charge in [-0.05, 0) is 37.6 Å². The normalized spacial score (nSPS) is 15.8. The van der Waals surface area contributed by atoms with Crippen LogP contribution in [0.25, 0.3) is 0 Å². The molecule has 0 aliphatic carbocycles. The Hall–Kier alpha value is -2.89. The lowest BCUT2D eigenvalue weighted by atomic mass is 10.1. The summed E-state index contributed by atoms with van der Waals surface area (Å²) in [5, 5.41) is 2.95. The standard InChI is InChI=1S/C20H25N3O3/c1-3-15-12-23(17-10-9-14(21)11-19(17)26-15)13-20(24)22-16-7-5-6-8-18(16)25-4-2/h5-11,15H,3-4,12-13,21H2,1-2H3,(H,22,24). The van der Waals surface area contributed by atoms with Crippen molar-refractivity contribution in [2.24, 2.45) is 0 Å². The Labute approximate surface area is 153 Å². The first-order valence-electron chi connectivity index (χ1n) is 8.93. The predicted molar refractivity (Wildman–Crippen MR) is 104 cm³/mol. The minimum absolute atomic E-state index is 0.0350. The van der Waals surface area contributed by atoms with Crippen LogP contribution in [0.3, 0.4) is 0 Å². The molecule has 26 heavy (non-hydrogen) atoms. The van der Waals surface area contributed by atoms with Crippen LogP contribution in [0.4, 0.5) is 17.1 Å². The first kappa shape index (κ1) is 17.9. The van der Waals surface area contributed by atoms with E-state index < -0.39 is 0 Å². The second-order valence-corrected chi connectivity index (χ2v) is 6.23. The zero-order chi connectivity index (χ0) is 18.5. The molecule has 1 unspecified atom stereocenters. The Kier molecular flexibility index (Phi) is 5.51. The van der Waals surface area contributed by atoms with E-state index in [1.165, 1.54) is 0 Å². The van der Waals surface area contributed by atoms with Crippen molar-refractivity contribution >= 4 is 23.0 Å². The van der Waals surface area contributed by atoms with Crippen LogP contribution in [-0.2, 0) is 4.79 Å². The van der Waals surface area contributed by atoms with Crippen LogP contribution in [0.1, 0.15) is 20.3 Å². The van der Waals surface area contributed by atoms with E-state index in [-0.39, 0.29) is 18.6 Å². The zero-order valence-electron chi connectivity index (χ0n) is 15.2. The number of carbonyl (C=O) groups is 1. The van der Waals surface area contributed by atoms with Gasteiger partial charge in [0.15, 0.2) is 0 Å². The topological polar surface area (TPSA) is 76.8 Å². The maximum Gasteiger partial charge on any atom is 0.243 e. The van der Waals surface area contributed by atoms with Gasteiger partial charge in [-0.25, -0.2) is 0 Å². The van der Waals surface area contributed by atoms with Gasteiger partial charge in [0, 0.05) is 11.8 Å². The lowest BCUT2D eigenvalue weighted by Gasteiger charge is -2.35. The number of amides is 1. The number of ether oxygens (including phenoxy) is 2. The van der Waals surface area contributed by atoms with Gasteiger partial charge in [0.05, 0.1) is 31.1 Å². The molecular formula is C20H25N3O3. The largest absolute Gasteiger partial charge is 0.492 e. The molecule has 2 aromatic rings. The summed E-state index contributed by atoms with van der Waals surface area (Å²) in [6, 6.07) is 13.0. The van der Waals surface area contributed by atoms with Crippen LogP contribution >= 0.6 is 0 Å². The van der Waals surface area contributed by atoms with Gasteiger partial charge in [-0.15, -0.1) is 0 Å². The van der Waals surface area contributed by atoms with Crippen molar-refractivity contribution in [3.63, 3.8) is 0 Å². The van der Waals surface area contributed by atoms with Crippen molar-refractivity contribution in [1.29, 1.82) is 0 Å². The number of anilines is 3. The minimum atomic E-state index is -0.100. The number of nitrogens with zero attached hydrogens (tertiary/aromatic N) is 1. The zero-order valence-corrected chi connectivity index (χ0v) is 15.2. The first-order valence-corrected chi connectivity index (χ1v) is 8.93. The van der Waals surface area contributed by atoms with Gasteiger partial charge in [0.2, 0.25) is 5.91 Å².